The highest BCUT2D eigenvalue weighted by Gasteiger charge is 2.39. The Morgan fingerprint density at radius 3 is 2.55 bits per heavy atom. The maximum atomic E-state index is 11.5. The smallest absolute Gasteiger partial charge is 0.306 e. The van der Waals surface area contributed by atoms with E-state index >= 15 is 0 Å². The van der Waals surface area contributed by atoms with E-state index < -0.39 is 17.8 Å². The van der Waals surface area contributed by atoms with Crippen LogP contribution in [0.5, 0.6) is 0 Å². The molecule has 0 spiro atoms. The molecule has 0 heterocycles. The number of aliphatic hydroxyl groups is 3. The first-order chi connectivity index (χ1) is 13.7. The molecular weight excluding hydrogens is 368 g/mol. The quantitative estimate of drug-likeness (QED) is 0.239. The fourth-order valence-corrected chi connectivity index (χ4v) is 3.90. The summed E-state index contributed by atoms with van der Waals surface area (Å²) >= 11 is 0. The van der Waals surface area contributed by atoms with Crippen LogP contribution in [0.15, 0.2) is 24.3 Å². The predicted molar refractivity (Wildman–Crippen MR) is 116 cm³/mol. The summed E-state index contributed by atoms with van der Waals surface area (Å²) in [6, 6.07) is 0. The van der Waals surface area contributed by atoms with Crippen molar-refractivity contribution in [2.24, 2.45) is 11.8 Å². The third kappa shape index (κ3) is 10.4. The molecule has 1 saturated carbocycles. The molecule has 3 N–H and O–H groups in total. The molecule has 0 aliphatic heterocycles. The minimum absolute atomic E-state index is 0.0603. The summed E-state index contributed by atoms with van der Waals surface area (Å²) in [7, 11) is 0. The van der Waals surface area contributed by atoms with Gasteiger partial charge >= 0.3 is 5.97 Å². The predicted octanol–water partition coefficient (Wildman–Crippen LogP) is 4.30. The van der Waals surface area contributed by atoms with Gasteiger partial charge in [0.25, 0.3) is 0 Å². The van der Waals surface area contributed by atoms with Crippen molar-refractivity contribution >= 4 is 5.97 Å². The Bertz CT molecular complexity index is 523. The number of carbonyl (C=O) groups excluding carboxylic acids is 1. The molecule has 1 aliphatic carbocycles. The Morgan fingerprint density at radius 2 is 1.90 bits per heavy atom. The molecule has 0 radical (unpaired) electrons. The first kappa shape index (κ1) is 25.9. The summed E-state index contributed by atoms with van der Waals surface area (Å²) in [6.07, 6.45) is 13.4. The summed E-state index contributed by atoms with van der Waals surface area (Å²) in [5, 5.41) is 31.2. The lowest BCUT2D eigenvalue weighted by Gasteiger charge is -2.23. The maximum Gasteiger partial charge on any atom is 0.306 e. The van der Waals surface area contributed by atoms with E-state index in [1.807, 2.05) is 32.1 Å². The van der Waals surface area contributed by atoms with Crippen LogP contribution in [0, 0.1) is 11.8 Å². The zero-order chi connectivity index (χ0) is 21.9. The van der Waals surface area contributed by atoms with E-state index in [4.69, 9.17) is 4.74 Å². The van der Waals surface area contributed by atoms with Crippen molar-refractivity contribution in [3.05, 3.63) is 24.3 Å². The van der Waals surface area contributed by atoms with Crippen molar-refractivity contribution in [2.45, 2.75) is 109 Å². The van der Waals surface area contributed by atoms with Gasteiger partial charge in [0.2, 0.25) is 0 Å². The molecule has 0 amide bonds. The molecule has 1 rings (SSSR count). The highest BCUT2D eigenvalue weighted by atomic mass is 16.5. The zero-order valence-corrected chi connectivity index (χ0v) is 18.7. The molecule has 5 atom stereocenters. The number of rotatable bonds is 13. The van der Waals surface area contributed by atoms with Crippen LogP contribution in [-0.2, 0) is 9.53 Å². The Labute approximate surface area is 176 Å². The second kappa shape index (κ2) is 13.2. The van der Waals surface area contributed by atoms with Gasteiger partial charge in [-0.25, -0.2) is 0 Å². The summed E-state index contributed by atoms with van der Waals surface area (Å²) < 4.78 is 5.11. The number of esters is 1. The molecule has 29 heavy (non-hydrogen) atoms. The van der Waals surface area contributed by atoms with Gasteiger partial charge in [0, 0.05) is 18.8 Å². The second-order valence-electron chi connectivity index (χ2n) is 8.92. The van der Waals surface area contributed by atoms with Gasteiger partial charge in [0.15, 0.2) is 0 Å². The summed E-state index contributed by atoms with van der Waals surface area (Å²) in [4.78, 5) is 11.5. The second-order valence-corrected chi connectivity index (χ2v) is 8.92. The molecule has 0 bridgehead atoms. The molecule has 0 aromatic heterocycles. The number of ether oxygens (including phenoxy) is 1. The molecule has 0 aromatic rings. The average molecular weight is 411 g/mol. The zero-order valence-electron chi connectivity index (χ0n) is 18.7. The molecule has 0 aromatic carbocycles. The van der Waals surface area contributed by atoms with Gasteiger partial charge in [-0.05, 0) is 52.4 Å². The van der Waals surface area contributed by atoms with Crippen molar-refractivity contribution in [1.82, 2.24) is 0 Å². The van der Waals surface area contributed by atoms with Crippen LogP contribution in [0.3, 0.4) is 0 Å². The maximum absolute atomic E-state index is 11.5. The van der Waals surface area contributed by atoms with Gasteiger partial charge in [-0.3, -0.25) is 4.79 Å². The lowest BCUT2D eigenvalue weighted by atomic mass is 9.88. The highest BCUT2D eigenvalue weighted by molar-refractivity contribution is 5.69. The number of allylic oxidation sites excluding steroid dienone is 2. The van der Waals surface area contributed by atoms with E-state index in [0.717, 1.165) is 32.1 Å². The minimum Gasteiger partial charge on any atom is -0.463 e. The largest absolute Gasteiger partial charge is 0.463 e. The molecule has 0 saturated heterocycles. The van der Waals surface area contributed by atoms with Crippen molar-refractivity contribution < 1.29 is 24.9 Å². The minimum atomic E-state index is -0.882. The number of unbranched alkanes of at least 4 members (excludes halogenated alkanes) is 3. The van der Waals surface area contributed by atoms with Gasteiger partial charge < -0.3 is 20.1 Å². The molecular formula is C24H42O5. The number of carbonyl (C=O) groups is 1. The van der Waals surface area contributed by atoms with Crippen LogP contribution >= 0.6 is 0 Å². The van der Waals surface area contributed by atoms with Crippen molar-refractivity contribution in [3.63, 3.8) is 0 Å². The van der Waals surface area contributed by atoms with Crippen molar-refractivity contribution in [3.8, 4) is 0 Å². The van der Waals surface area contributed by atoms with E-state index in [-0.39, 0.29) is 23.9 Å². The Morgan fingerprint density at radius 1 is 1.17 bits per heavy atom. The van der Waals surface area contributed by atoms with Gasteiger partial charge in [-0.15, -0.1) is 0 Å². The fraction of sp³-hybridized carbons (Fsp3) is 0.792. The lowest BCUT2D eigenvalue weighted by molar-refractivity contribution is -0.147. The summed E-state index contributed by atoms with van der Waals surface area (Å²) in [5.41, 5.74) is -0.882. The van der Waals surface area contributed by atoms with Crippen LogP contribution in [0.2, 0.25) is 0 Å². The third-order valence-electron chi connectivity index (χ3n) is 5.57. The fourth-order valence-electron chi connectivity index (χ4n) is 3.90. The molecule has 5 heteroatoms. The SMILES string of the molecule is CCCCCC(C)(O)C=CC1C(O)CC(O)C1CC=CCCCC(=O)OC(C)C. The topological polar surface area (TPSA) is 87.0 Å². The van der Waals surface area contributed by atoms with Gasteiger partial charge in [-0.1, -0.05) is 50.5 Å². The number of hydrogen-bond donors (Lipinski definition) is 3. The normalized spacial score (nSPS) is 27.2. The highest BCUT2D eigenvalue weighted by Crippen LogP contribution is 2.37. The summed E-state index contributed by atoms with van der Waals surface area (Å²) in [6.45, 7) is 7.62. The molecule has 1 fully saturated rings. The molecule has 1 aliphatic rings. The van der Waals surface area contributed by atoms with Crippen LogP contribution in [0.4, 0.5) is 0 Å². The van der Waals surface area contributed by atoms with Crippen LogP contribution in [-0.4, -0.2) is 45.2 Å². The number of hydrogen-bond acceptors (Lipinski definition) is 5. The first-order valence-corrected chi connectivity index (χ1v) is 11.3. The van der Waals surface area contributed by atoms with E-state index in [9.17, 15) is 20.1 Å². The van der Waals surface area contributed by atoms with Crippen molar-refractivity contribution in [2.75, 3.05) is 0 Å². The Balaban J connectivity index is 2.49. The van der Waals surface area contributed by atoms with Gasteiger partial charge in [-0.2, -0.15) is 0 Å². The first-order valence-electron chi connectivity index (χ1n) is 11.3. The average Bonchev–Trinajstić information content (AvgIpc) is 2.88. The van der Waals surface area contributed by atoms with Gasteiger partial charge in [0.1, 0.15) is 0 Å². The van der Waals surface area contributed by atoms with E-state index in [2.05, 4.69) is 6.92 Å². The van der Waals surface area contributed by atoms with E-state index in [1.54, 1.807) is 13.0 Å². The Hall–Kier alpha value is -1.17. The molecule has 5 nitrogen and oxygen atoms in total. The van der Waals surface area contributed by atoms with Crippen LogP contribution in [0.1, 0.15) is 85.5 Å². The molecule has 5 unspecified atom stereocenters. The standard InChI is InChI=1S/C24H42O5/c1-5-6-11-15-24(4,28)16-14-20-19(21(25)17-22(20)26)12-9-7-8-10-13-23(27)29-18(2)3/h7,9,14,16,18-22,25-26,28H,5-6,8,10-13,15,17H2,1-4H3. The van der Waals surface area contributed by atoms with Crippen LogP contribution in [0.25, 0.3) is 0 Å². The lowest BCUT2D eigenvalue weighted by Crippen LogP contribution is -2.24. The van der Waals surface area contributed by atoms with E-state index in [1.165, 1.54) is 0 Å². The van der Waals surface area contributed by atoms with Crippen molar-refractivity contribution in [1.29, 1.82) is 0 Å². The summed E-state index contributed by atoms with van der Waals surface area (Å²) in [5.74, 6) is -0.387. The van der Waals surface area contributed by atoms with Crippen LogP contribution < -0.4 is 0 Å². The van der Waals surface area contributed by atoms with Gasteiger partial charge in [0.05, 0.1) is 23.9 Å². The van der Waals surface area contributed by atoms with E-state index in [0.29, 0.717) is 25.7 Å². The monoisotopic (exact) mass is 410 g/mol. The number of aliphatic hydroxyl groups excluding tert-OH is 2. The molecule has 168 valence electrons. The Kier molecular flexibility index (Phi) is 11.8. The third-order valence-corrected chi connectivity index (χ3v) is 5.57.